The first-order valence-electron chi connectivity index (χ1n) is 0.390. The van der Waals surface area contributed by atoms with Gasteiger partial charge in [-0.25, -0.2) is 0 Å². The third-order valence-electron chi connectivity index (χ3n) is 0. The minimum Gasteiger partial charge on any atom is -0.0588 e. The Kier molecular flexibility index (Phi) is 20.4. The van der Waals surface area contributed by atoms with Crippen LogP contribution in [-0.2, 0) is 21.7 Å². The van der Waals surface area contributed by atoms with Crippen LogP contribution in [0, 0.1) is 0 Å². The quantitative estimate of drug-likeness (QED) is 0.372. The van der Waals surface area contributed by atoms with Crippen molar-refractivity contribution in [2.75, 3.05) is 0 Å². The molecular weight excluding hydrogens is 146 g/mol. The Morgan fingerprint density at radius 3 is 1.75 bits per heavy atom. The van der Waals surface area contributed by atoms with Crippen LogP contribution in [0.15, 0.2) is 0 Å². The maximum atomic E-state index is 4.88. The molecular formula is H2ClPSTi. The molecule has 0 radical (unpaired) electrons. The van der Waals surface area contributed by atoms with Gasteiger partial charge in [-0.3, -0.25) is 0 Å². The minimum atomic E-state index is 0. The molecule has 0 bridgehead atoms. The molecule has 1 unspecified atom stereocenters. The number of rotatable bonds is 0. The minimum absolute atomic E-state index is 0. The Hall–Kier alpha value is 1.78. The number of halogens is 1. The Labute approximate surface area is 51.4 Å². The summed E-state index contributed by atoms with van der Waals surface area (Å²) < 4.78 is 0. The van der Waals surface area contributed by atoms with E-state index in [-0.39, 0.29) is 21.7 Å². The molecule has 0 aliphatic heterocycles. The molecule has 0 saturated heterocycles. The van der Waals surface area contributed by atoms with Crippen LogP contribution in [-0.4, -0.2) is 0 Å². The zero-order valence-electron chi connectivity index (χ0n) is 1.86. The number of hydrogen-bond donors (Lipinski definition) is 0. The summed E-state index contributed by atoms with van der Waals surface area (Å²) in [5.41, 5.74) is 0. The molecule has 0 nitrogen and oxygen atoms in total. The fourth-order valence-corrected chi connectivity index (χ4v) is 0. The van der Waals surface area contributed by atoms with E-state index in [0.717, 1.165) is 10.6 Å². The summed E-state index contributed by atoms with van der Waals surface area (Å²) in [4.78, 5) is 0. The van der Waals surface area contributed by atoms with Gasteiger partial charge in [0.05, 0.1) is 0 Å². The molecule has 0 amide bonds. The van der Waals surface area contributed by atoms with E-state index in [0.29, 0.717) is 0 Å². The Morgan fingerprint density at radius 2 is 1.75 bits per heavy atom. The standard InChI is InChI=1S/ClH2PS.Ti/c1-3-2;/h2H2;. The van der Waals surface area contributed by atoms with E-state index in [2.05, 4.69) is 8.44 Å². The largest absolute Gasteiger partial charge is 0.0588 e. The van der Waals surface area contributed by atoms with Crippen molar-refractivity contribution >= 4 is 29.7 Å². The molecule has 0 aliphatic rings. The maximum absolute atomic E-state index is 4.88. The van der Waals surface area contributed by atoms with Gasteiger partial charge in [-0.05, 0) is 21.3 Å². The van der Waals surface area contributed by atoms with Gasteiger partial charge < -0.3 is 0 Å². The second-order valence-electron chi connectivity index (χ2n) is 0.0891. The van der Waals surface area contributed by atoms with Crippen LogP contribution in [0.2, 0.25) is 0 Å². The zero-order chi connectivity index (χ0) is 2.71. The first kappa shape index (κ1) is 9.25. The SMILES string of the molecule is PSCl.[Ti]. The van der Waals surface area contributed by atoms with Crippen LogP contribution < -0.4 is 0 Å². The molecule has 0 fully saturated rings. The van der Waals surface area contributed by atoms with Crippen LogP contribution in [0.3, 0.4) is 0 Å². The first-order chi connectivity index (χ1) is 1.41. The van der Waals surface area contributed by atoms with E-state index in [4.69, 9.17) is 10.7 Å². The molecule has 0 aromatic rings. The van der Waals surface area contributed by atoms with Gasteiger partial charge in [-0.2, -0.15) is 0 Å². The average Bonchev–Trinajstić information content (AvgIpc) is 0.918. The zero-order valence-corrected chi connectivity index (χ0v) is 6.15. The van der Waals surface area contributed by atoms with E-state index < -0.39 is 0 Å². The third kappa shape index (κ3) is 9.21. The third-order valence-corrected chi connectivity index (χ3v) is 0. The summed E-state index contributed by atoms with van der Waals surface area (Å²) in [5, 5.41) is 0. The fraction of sp³-hybridized carbons (Fsp3) is 0. The van der Waals surface area contributed by atoms with E-state index in [1.165, 1.54) is 0 Å². The van der Waals surface area contributed by atoms with Crippen molar-refractivity contribution in [1.29, 1.82) is 0 Å². The van der Waals surface area contributed by atoms with Gasteiger partial charge in [0.1, 0.15) is 0 Å². The van der Waals surface area contributed by atoms with E-state index in [1.807, 2.05) is 0 Å². The molecule has 0 aromatic heterocycles. The normalized spacial score (nSPS) is 4.50. The predicted molar refractivity (Wildman–Crippen MR) is 23.2 cm³/mol. The summed E-state index contributed by atoms with van der Waals surface area (Å²) in [6, 6.07) is 0. The molecule has 0 rings (SSSR count). The Balaban J connectivity index is 0. The monoisotopic (exact) mass is 148 g/mol. The molecule has 4 heavy (non-hydrogen) atoms. The van der Waals surface area contributed by atoms with Crippen molar-refractivity contribution in [1.82, 2.24) is 0 Å². The van der Waals surface area contributed by atoms with Gasteiger partial charge >= 0.3 is 0 Å². The Morgan fingerprint density at radius 1 is 1.75 bits per heavy atom. The summed E-state index contributed by atoms with van der Waals surface area (Å²) in [5.74, 6) is 0. The molecule has 0 aliphatic carbocycles. The van der Waals surface area contributed by atoms with Crippen molar-refractivity contribution in [3.05, 3.63) is 0 Å². The van der Waals surface area contributed by atoms with Crippen LogP contribution in [0.4, 0.5) is 0 Å². The summed E-state index contributed by atoms with van der Waals surface area (Å²) >= 11 is 0. The van der Waals surface area contributed by atoms with Crippen molar-refractivity contribution in [3.8, 4) is 0 Å². The molecule has 0 saturated carbocycles. The molecule has 1 atom stereocenters. The number of hydrogen-bond acceptors (Lipinski definition) is 1. The maximum Gasteiger partial charge on any atom is 0 e. The van der Waals surface area contributed by atoms with Crippen LogP contribution in [0.5, 0.6) is 0 Å². The molecule has 24 valence electrons. The molecule has 0 spiro atoms. The van der Waals surface area contributed by atoms with Crippen LogP contribution >= 0.6 is 29.7 Å². The second kappa shape index (κ2) is 8.84. The first-order valence-corrected chi connectivity index (χ1v) is 3.51. The smallest absolute Gasteiger partial charge is 0 e. The molecule has 0 heterocycles. The predicted octanol–water partition coefficient (Wildman–Crippen LogP) is 1.66. The average molecular weight is 148 g/mol. The topological polar surface area (TPSA) is 0 Å². The van der Waals surface area contributed by atoms with Crippen LogP contribution in [0.25, 0.3) is 0 Å². The summed E-state index contributed by atoms with van der Waals surface area (Å²) in [7, 11) is 8.28. The van der Waals surface area contributed by atoms with Crippen molar-refractivity contribution in [2.24, 2.45) is 0 Å². The molecule has 0 aromatic carbocycles. The van der Waals surface area contributed by atoms with Crippen molar-refractivity contribution in [3.63, 3.8) is 0 Å². The second-order valence-corrected chi connectivity index (χ2v) is 2.41. The van der Waals surface area contributed by atoms with Crippen LogP contribution in [0.1, 0.15) is 0 Å². The fourth-order valence-electron chi connectivity index (χ4n) is 0. The van der Waals surface area contributed by atoms with Gasteiger partial charge in [0.15, 0.2) is 0 Å². The summed E-state index contributed by atoms with van der Waals surface area (Å²) in [6.45, 7) is 0. The van der Waals surface area contributed by atoms with Gasteiger partial charge in [0.2, 0.25) is 0 Å². The van der Waals surface area contributed by atoms with Gasteiger partial charge in [-0.1, -0.05) is 8.44 Å². The molecule has 4 heteroatoms. The van der Waals surface area contributed by atoms with E-state index in [9.17, 15) is 0 Å². The summed E-state index contributed by atoms with van der Waals surface area (Å²) in [6.07, 6.45) is 0. The van der Waals surface area contributed by atoms with Gasteiger partial charge in [0.25, 0.3) is 0 Å². The van der Waals surface area contributed by atoms with Crippen molar-refractivity contribution in [2.45, 2.75) is 0 Å². The van der Waals surface area contributed by atoms with E-state index >= 15 is 0 Å². The van der Waals surface area contributed by atoms with E-state index in [1.54, 1.807) is 0 Å². The van der Waals surface area contributed by atoms with Crippen molar-refractivity contribution < 1.29 is 21.7 Å². The Bertz CT molecular complexity index is 8.00. The van der Waals surface area contributed by atoms with Gasteiger partial charge in [-0.15, -0.1) is 0 Å². The molecule has 0 N–H and O–H groups in total. The van der Waals surface area contributed by atoms with Gasteiger partial charge in [0, 0.05) is 21.7 Å².